The maximum atomic E-state index is 13.6. The van der Waals surface area contributed by atoms with Crippen molar-refractivity contribution >= 4 is 11.8 Å². The van der Waals surface area contributed by atoms with Gasteiger partial charge in [-0.3, -0.25) is 14.3 Å². The van der Waals surface area contributed by atoms with Crippen LogP contribution in [0.15, 0.2) is 6.20 Å². The van der Waals surface area contributed by atoms with Gasteiger partial charge in [0.25, 0.3) is 5.91 Å². The molecule has 1 saturated heterocycles. The van der Waals surface area contributed by atoms with E-state index in [9.17, 15) is 9.59 Å². The number of aryl methyl sites for hydroxylation is 1. The minimum absolute atomic E-state index is 0.0633. The molecule has 0 spiro atoms. The van der Waals surface area contributed by atoms with Gasteiger partial charge in [-0.05, 0) is 75.5 Å². The third-order valence-electron chi connectivity index (χ3n) is 8.56. The summed E-state index contributed by atoms with van der Waals surface area (Å²) in [6, 6.07) is 0. The number of rotatable bonds is 2. The molecule has 0 radical (unpaired) electrons. The Morgan fingerprint density at radius 2 is 1.48 bits per heavy atom. The van der Waals surface area contributed by atoms with E-state index in [1.165, 1.54) is 19.3 Å². The van der Waals surface area contributed by atoms with Crippen LogP contribution in [0.5, 0.6) is 0 Å². The van der Waals surface area contributed by atoms with Crippen LogP contribution in [0.2, 0.25) is 0 Å². The van der Waals surface area contributed by atoms with Crippen LogP contribution >= 0.6 is 0 Å². The highest BCUT2D eigenvalue weighted by molar-refractivity contribution is 5.95. The largest absolute Gasteiger partial charge is 0.339 e. The minimum atomic E-state index is -0.0633. The van der Waals surface area contributed by atoms with E-state index in [1.807, 2.05) is 9.58 Å². The van der Waals surface area contributed by atoms with E-state index in [2.05, 4.69) is 10.00 Å². The molecule has 0 unspecified atom stereocenters. The van der Waals surface area contributed by atoms with Gasteiger partial charge in [0.05, 0.1) is 22.9 Å². The topological polar surface area (TPSA) is 58.4 Å². The third-order valence-corrected chi connectivity index (χ3v) is 8.56. The molecule has 1 aromatic rings. The Morgan fingerprint density at radius 1 is 0.862 bits per heavy atom. The fraction of sp³-hybridized carbons (Fsp3) is 0.783. The molecule has 4 saturated carbocycles. The number of nitrogens with zero attached hydrogens (tertiary/aromatic N) is 4. The van der Waals surface area contributed by atoms with Gasteiger partial charge in [0.15, 0.2) is 0 Å². The van der Waals surface area contributed by atoms with E-state index in [4.69, 9.17) is 0 Å². The predicted octanol–water partition coefficient (Wildman–Crippen LogP) is 2.72. The minimum Gasteiger partial charge on any atom is -0.339 e. The molecule has 1 aromatic heterocycles. The van der Waals surface area contributed by atoms with Crippen molar-refractivity contribution in [2.45, 2.75) is 64.3 Å². The fourth-order valence-electron chi connectivity index (χ4n) is 7.59. The lowest BCUT2D eigenvalue weighted by molar-refractivity contribution is -0.159. The summed E-state index contributed by atoms with van der Waals surface area (Å²) in [5.41, 5.74) is 1.82. The van der Waals surface area contributed by atoms with Gasteiger partial charge in [-0.15, -0.1) is 0 Å². The zero-order chi connectivity index (χ0) is 19.6. The first-order valence-electron chi connectivity index (χ1n) is 11.7. The molecule has 6 heteroatoms. The Bertz CT molecular complexity index is 801. The van der Waals surface area contributed by atoms with Crippen LogP contribution in [0.25, 0.3) is 0 Å². The van der Waals surface area contributed by atoms with E-state index in [0.29, 0.717) is 32.1 Å². The third kappa shape index (κ3) is 2.85. The van der Waals surface area contributed by atoms with Crippen LogP contribution in [-0.4, -0.2) is 57.6 Å². The lowest BCUT2D eigenvalue weighted by Gasteiger charge is -2.57. The van der Waals surface area contributed by atoms with E-state index in [0.717, 1.165) is 74.1 Å². The Kier molecular flexibility index (Phi) is 4.07. The average Bonchev–Trinajstić information content (AvgIpc) is 3.16. The van der Waals surface area contributed by atoms with Crippen LogP contribution in [0.4, 0.5) is 0 Å². The molecule has 156 valence electrons. The number of aromatic nitrogens is 2. The first-order chi connectivity index (χ1) is 14.1. The summed E-state index contributed by atoms with van der Waals surface area (Å²) in [5, 5.41) is 4.43. The molecule has 6 aliphatic rings. The normalized spacial score (nSPS) is 35.7. The van der Waals surface area contributed by atoms with Gasteiger partial charge < -0.3 is 9.80 Å². The number of carbonyl (C=O) groups excluding carboxylic acids is 2. The molecule has 3 heterocycles. The second-order valence-corrected chi connectivity index (χ2v) is 10.5. The molecule has 0 N–H and O–H groups in total. The van der Waals surface area contributed by atoms with Crippen molar-refractivity contribution in [3.8, 4) is 0 Å². The van der Waals surface area contributed by atoms with Gasteiger partial charge in [-0.1, -0.05) is 0 Å². The van der Waals surface area contributed by atoms with E-state index in [-0.39, 0.29) is 11.3 Å². The van der Waals surface area contributed by atoms with Gasteiger partial charge >= 0.3 is 0 Å². The molecular weight excluding hydrogens is 364 g/mol. The zero-order valence-corrected chi connectivity index (χ0v) is 17.3. The van der Waals surface area contributed by atoms with E-state index in [1.54, 1.807) is 6.20 Å². The molecule has 29 heavy (non-hydrogen) atoms. The second kappa shape index (κ2) is 6.58. The molecule has 5 fully saturated rings. The second-order valence-electron chi connectivity index (χ2n) is 10.5. The van der Waals surface area contributed by atoms with E-state index >= 15 is 0 Å². The molecule has 0 atom stereocenters. The van der Waals surface area contributed by atoms with Crippen molar-refractivity contribution in [3.63, 3.8) is 0 Å². The average molecular weight is 397 g/mol. The van der Waals surface area contributed by atoms with Crippen LogP contribution in [0, 0.1) is 23.2 Å². The maximum absolute atomic E-state index is 13.6. The van der Waals surface area contributed by atoms with Gasteiger partial charge in [-0.2, -0.15) is 5.10 Å². The van der Waals surface area contributed by atoms with Crippen LogP contribution in [0.3, 0.4) is 0 Å². The summed E-state index contributed by atoms with van der Waals surface area (Å²) < 4.78 is 2.00. The fourth-order valence-corrected chi connectivity index (χ4v) is 7.59. The van der Waals surface area contributed by atoms with Crippen molar-refractivity contribution in [2.75, 3.05) is 26.2 Å². The summed E-state index contributed by atoms with van der Waals surface area (Å²) in [6.45, 7) is 3.62. The van der Waals surface area contributed by atoms with Crippen molar-refractivity contribution in [1.82, 2.24) is 19.6 Å². The molecule has 0 aromatic carbocycles. The predicted molar refractivity (Wildman–Crippen MR) is 108 cm³/mol. The quantitative estimate of drug-likeness (QED) is 0.772. The molecule has 4 bridgehead atoms. The van der Waals surface area contributed by atoms with Crippen molar-refractivity contribution in [2.24, 2.45) is 23.2 Å². The monoisotopic (exact) mass is 396 g/mol. The van der Waals surface area contributed by atoms with E-state index < -0.39 is 0 Å². The maximum Gasteiger partial charge on any atom is 0.257 e. The molecular formula is C23H32N4O2. The zero-order valence-electron chi connectivity index (χ0n) is 17.3. The summed E-state index contributed by atoms with van der Waals surface area (Å²) >= 11 is 0. The number of hydrogen-bond acceptors (Lipinski definition) is 3. The van der Waals surface area contributed by atoms with Crippen molar-refractivity contribution in [3.05, 3.63) is 17.5 Å². The summed E-state index contributed by atoms with van der Waals surface area (Å²) in [6.07, 6.45) is 12.5. The van der Waals surface area contributed by atoms with Crippen molar-refractivity contribution < 1.29 is 9.59 Å². The summed E-state index contributed by atoms with van der Waals surface area (Å²) in [7, 11) is 0. The van der Waals surface area contributed by atoms with Gasteiger partial charge in [0.1, 0.15) is 0 Å². The highest BCUT2D eigenvalue weighted by Crippen LogP contribution is 2.60. The Labute approximate surface area is 172 Å². The molecule has 6 nitrogen and oxygen atoms in total. The standard InChI is InChI=1S/C23H32N4O2/c28-21(19-15-24-27-4-2-1-3-20(19)27)25-5-7-26(8-6-25)22(29)23-12-16-9-17(13-23)11-18(10-16)14-23/h15-18H,1-14H2. The Balaban J connectivity index is 1.12. The first-order valence-corrected chi connectivity index (χ1v) is 11.7. The molecule has 7 rings (SSSR count). The number of fused-ring (bicyclic) bond motifs is 1. The summed E-state index contributed by atoms with van der Waals surface area (Å²) in [4.78, 5) is 30.7. The lowest BCUT2D eigenvalue weighted by Crippen LogP contribution is -2.58. The number of carbonyl (C=O) groups is 2. The highest BCUT2D eigenvalue weighted by atomic mass is 16.2. The first kappa shape index (κ1) is 18.0. The molecule has 4 aliphatic carbocycles. The van der Waals surface area contributed by atoms with Crippen molar-refractivity contribution in [1.29, 1.82) is 0 Å². The van der Waals surface area contributed by atoms with Gasteiger partial charge in [0.2, 0.25) is 5.91 Å². The Hall–Kier alpha value is -1.85. The van der Waals surface area contributed by atoms with Gasteiger partial charge in [-0.25, -0.2) is 0 Å². The van der Waals surface area contributed by atoms with Crippen LogP contribution in [-0.2, 0) is 17.8 Å². The number of amides is 2. The Morgan fingerprint density at radius 3 is 2.14 bits per heavy atom. The highest BCUT2D eigenvalue weighted by Gasteiger charge is 2.55. The van der Waals surface area contributed by atoms with Gasteiger partial charge in [0, 0.05) is 32.7 Å². The SMILES string of the molecule is O=C(c1cnn2c1CCCC2)N1CCN(C(=O)C23CC4CC(CC(C4)C2)C3)CC1. The lowest BCUT2D eigenvalue weighted by atomic mass is 9.49. The number of hydrogen-bond donors (Lipinski definition) is 0. The van der Waals surface area contributed by atoms with Crippen LogP contribution < -0.4 is 0 Å². The van der Waals surface area contributed by atoms with Crippen LogP contribution in [0.1, 0.15) is 67.4 Å². The molecule has 2 amide bonds. The molecule has 2 aliphatic heterocycles. The smallest absolute Gasteiger partial charge is 0.257 e. The summed E-state index contributed by atoms with van der Waals surface area (Å²) in [5.74, 6) is 2.89. The number of piperazine rings is 1.